The smallest absolute Gasteiger partial charge is 0.335 e. The molecule has 0 amide bonds. The number of nitrogens with one attached hydrogen (secondary N) is 1. The van der Waals surface area contributed by atoms with Crippen LogP contribution in [0.15, 0.2) is 41.3 Å². The van der Waals surface area contributed by atoms with Crippen LogP contribution in [0.5, 0.6) is 11.5 Å². The highest BCUT2D eigenvalue weighted by atomic mass is 32.2. The Morgan fingerprint density at radius 2 is 1.92 bits per heavy atom. The highest BCUT2D eigenvalue weighted by Gasteiger charge is 2.26. The van der Waals surface area contributed by atoms with Crippen LogP contribution in [0.4, 0.5) is 5.69 Å². The first-order valence-electron chi connectivity index (χ1n) is 8.16. The third-order valence-electron chi connectivity index (χ3n) is 4.13. The fourth-order valence-corrected chi connectivity index (χ4v) is 3.18. The van der Waals surface area contributed by atoms with E-state index in [9.17, 15) is 18.3 Å². The molecule has 4 N–H and O–H groups in total. The van der Waals surface area contributed by atoms with Crippen LogP contribution in [-0.2, 0) is 10.0 Å². The van der Waals surface area contributed by atoms with Gasteiger partial charge in [-0.1, -0.05) is 17.7 Å². The second-order valence-electron chi connectivity index (χ2n) is 6.44. The summed E-state index contributed by atoms with van der Waals surface area (Å²) in [6.07, 6.45) is 2.17. The van der Waals surface area contributed by atoms with Gasteiger partial charge in [0.05, 0.1) is 11.3 Å². The van der Waals surface area contributed by atoms with E-state index in [0.29, 0.717) is 23.9 Å². The molecule has 138 valence electrons. The zero-order valence-corrected chi connectivity index (χ0v) is 15.0. The van der Waals surface area contributed by atoms with Crippen LogP contribution in [0.1, 0.15) is 28.8 Å². The minimum atomic E-state index is -4.19. The number of hydrogen-bond acceptors (Lipinski definition) is 5. The molecule has 2 aromatic carbocycles. The fraction of sp³-hybridized carbons (Fsp3) is 0.278. The molecular formula is C18H20N2O5S. The van der Waals surface area contributed by atoms with Gasteiger partial charge in [-0.15, -0.1) is 0 Å². The first-order chi connectivity index (χ1) is 12.2. The number of nitrogens with two attached hydrogens (primary N) is 1. The third kappa shape index (κ3) is 4.33. The number of primary sulfonamides is 1. The first kappa shape index (κ1) is 18.2. The highest BCUT2D eigenvalue weighted by Crippen LogP contribution is 2.38. The van der Waals surface area contributed by atoms with Crippen molar-refractivity contribution in [3.8, 4) is 11.5 Å². The van der Waals surface area contributed by atoms with Crippen molar-refractivity contribution in [2.24, 2.45) is 11.1 Å². The Labute approximate surface area is 151 Å². The lowest BCUT2D eigenvalue weighted by molar-refractivity contribution is 0.0696. The summed E-state index contributed by atoms with van der Waals surface area (Å²) in [4.78, 5) is 11.0. The number of sulfonamides is 1. The molecule has 1 saturated carbocycles. The van der Waals surface area contributed by atoms with Gasteiger partial charge < -0.3 is 15.2 Å². The molecule has 0 aromatic heterocycles. The Morgan fingerprint density at radius 1 is 1.27 bits per heavy atom. The van der Waals surface area contributed by atoms with Gasteiger partial charge in [0.2, 0.25) is 10.0 Å². The van der Waals surface area contributed by atoms with E-state index in [1.165, 1.54) is 6.07 Å². The highest BCUT2D eigenvalue weighted by molar-refractivity contribution is 7.89. The van der Waals surface area contributed by atoms with Crippen LogP contribution in [0.25, 0.3) is 0 Å². The SMILES string of the molecule is Cc1ccc(Oc2c(NCC3CC3)cc(C(=O)O)cc2S(N)(=O)=O)cc1. The van der Waals surface area contributed by atoms with Gasteiger partial charge in [0.1, 0.15) is 10.6 Å². The Bertz CT molecular complexity index is 935. The van der Waals surface area contributed by atoms with Crippen molar-refractivity contribution < 1.29 is 23.1 Å². The molecule has 0 radical (unpaired) electrons. The van der Waals surface area contributed by atoms with Crippen LogP contribution in [0, 0.1) is 12.8 Å². The normalized spacial score (nSPS) is 14.1. The average Bonchev–Trinajstić information content (AvgIpc) is 3.38. The molecule has 1 aliphatic rings. The zero-order chi connectivity index (χ0) is 18.9. The lowest BCUT2D eigenvalue weighted by Crippen LogP contribution is -2.16. The van der Waals surface area contributed by atoms with Gasteiger partial charge in [-0.3, -0.25) is 0 Å². The van der Waals surface area contributed by atoms with E-state index in [2.05, 4.69) is 5.32 Å². The van der Waals surface area contributed by atoms with E-state index in [4.69, 9.17) is 9.88 Å². The molecular weight excluding hydrogens is 356 g/mol. The van der Waals surface area contributed by atoms with Crippen LogP contribution in [-0.4, -0.2) is 26.0 Å². The van der Waals surface area contributed by atoms with Crippen molar-refractivity contribution in [2.75, 3.05) is 11.9 Å². The number of rotatable bonds is 7. The summed E-state index contributed by atoms with van der Waals surface area (Å²) in [6.45, 7) is 2.53. The van der Waals surface area contributed by atoms with Gasteiger partial charge in [0.15, 0.2) is 5.75 Å². The predicted octanol–water partition coefficient (Wildman–Crippen LogP) is 2.95. The minimum absolute atomic E-state index is 0.00185. The number of aryl methyl sites for hydroxylation is 1. The number of ether oxygens (including phenoxy) is 1. The second kappa shape index (κ2) is 6.97. The standard InChI is InChI=1S/C18H20N2O5S/c1-11-2-6-14(7-3-11)25-17-15(20-10-12-4-5-12)8-13(18(21)22)9-16(17)26(19,23)24/h2-3,6-9,12,20H,4-5,10H2,1H3,(H,21,22)(H2,19,23,24). The third-order valence-corrected chi connectivity index (χ3v) is 5.04. The van der Waals surface area contributed by atoms with E-state index in [-0.39, 0.29) is 16.2 Å². The Morgan fingerprint density at radius 3 is 2.46 bits per heavy atom. The van der Waals surface area contributed by atoms with Crippen molar-refractivity contribution in [1.82, 2.24) is 0 Å². The summed E-state index contributed by atoms with van der Waals surface area (Å²) >= 11 is 0. The Hall–Kier alpha value is -2.58. The second-order valence-corrected chi connectivity index (χ2v) is 7.97. The van der Waals surface area contributed by atoms with Gasteiger partial charge in [-0.2, -0.15) is 0 Å². The van der Waals surface area contributed by atoms with Gasteiger partial charge in [-0.05, 0) is 49.9 Å². The molecule has 1 fully saturated rings. The van der Waals surface area contributed by atoms with Crippen LogP contribution >= 0.6 is 0 Å². The largest absolute Gasteiger partial charge is 0.478 e. The van der Waals surface area contributed by atoms with Crippen molar-refractivity contribution in [2.45, 2.75) is 24.7 Å². The van der Waals surface area contributed by atoms with Gasteiger partial charge in [-0.25, -0.2) is 18.4 Å². The monoisotopic (exact) mass is 376 g/mol. The molecule has 0 spiro atoms. The summed E-state index contributed by atoms with van der Waals surface area (Å²) in [5, 5.41) is 17.7. The molecule has 0 aliphatic heterocycles. The predicted molar refractivity (Wildman–Crippen MR) is 97.2 cm³/mol. The first-order valence-corrected chi connectivity index (χ1v) is 9.71. The number of benzene rings is 2. The number of aromatic carboxylic acids is 1. The Kier molecular flexibility index (Phi) is 4.88. The van der Waals surface area contributed by atoms with Crippen molar-refractivity contribution in [3.63, 3.8) is 0 Å². The van der Waals surface area contributed by atoms with Crippen molar-refractivity contribution in [3.05, 3.63) is 47.5 Å². The number of carboxylic acid groups (broad SMARTS) is 1. The van der Waals surface area contributed by atoms with E-state index in [0.717, 1.165) is 24.5 Å². The van der Waals surface area contributed by atoms with Gasteiger partial charge >= 0.3 is 5.97 Å². The molecule has 0 saturated heterocycles. The summed E-state index contributed by atoms with van der Waals surface area (Å²) in [6, 6.07) is 9.45. The molecule has 0 heterocycles. The molecule has 1 aliphatic carbocycles. The van der Waals surface area contributed by atoms with E-state index >= 15 is 0 Å². The van der Waals surface area contributed by atoms with Crippen LogP contribution in [0.3, 0.4) is 0 Å². The molecule has 7 nitrogen and oxygen atoms in total. The van der Waals surface area contributed by atoms with Gasteiger partial charge in [0, 0.05) is 6.54 Å². The number of carboxylic acids is 1. The van der Waals surface area contributed by atoms with E-state index < -0.39 is 16.0 Å². The Balaban J connectivity index is 2.09. The molecule has 0 atom stereocenters. The maximum atomic E-state index is 12.1. The van der Waals surface area contributed by atoms with E-state index in [1.807, 2.05) is 19.1 Å². The molecule has 0 bridgehead atoms. The summed E-state index contributed by atoms with van der Waals surface area (Å²) in [7, 11) is -4.19. The lowest BCUT2D eigenvalue weighted by atomic mass is 10.1. The van der Waals surface area contributed by atoms with Crippen LogP contribution in [0.2, 0.25) is 0 Å². The maximum absolute atomic E-state index is 12.1. The van der Waals surface area contributed by atoms with Crippen molar-refractivity contribution in [1.29, 1.82) is 0 Å². The average molecular weight is 376 g/mol. The van der Waals surface area contributed by atoms with Crippen molar-refractivity contribution >= 4 is 21.7 Å². The molecule has 2 aromatic rings. The maximum Gasteiger partial charge on any atom is 0.335 e. The summed E-state index contributed by atoms with van der Waals surface area (Å²) in [5.41, 5.74) is 1.14. The summed E-state index contributed by atoms with van der Waals surface area (Å²) < 4.78 is 29.9. The number of hydrogen-bond donors (Lipinski definition) is 3. The van der Waals surface area contributed by atoms with Gasteiger partial charge in [0.25, 0.3) is 0 Å². The van der Waals surface area contributed by atoms with Crippen LogP contribution < -0.4 is 15.2 Å². The van der Waals surface area contributed by atoms with E-state index in [1.54, 1.807) is 12.1 Å². The number of anilines is 1. The molecule has 26 heavy (non-hydrogen) atoms. The minimum Gasteiger partial charge on any atom is -0.478 e. The zero-order valence-electron chi connectivity index (χ0n) is 14.2. The quantitative estimate of drug-likeness (QED) is 0.683. The fourth-order valence-electron chi connectivity index (χ4n) is 2.47. The molecule has 0 unspecified atom stereocenters. The summed E-state index contributed by atoms with van der Waals surface area (Å²) in [5.74, 6) is -0.319. The number of carbonyl (C=O) groups is 1. The topological polar surface area (TPSA) is 119 Å². The molecule has 3 rings (SSSR count). The molecule has 8 heteroatoms. The lowest BCUT2D eigenvalue weighted by Gasteiger charge is -2.17.